The molecule has 30 heavy (non-hydrogen) atoms. The zero-order valence-electron chi connectivity index (χ0n) is 16.6. The van der Waals surface area contributed by atoms with E-state index in [0.29, 0.717) is 37.3 Å². The molecule has 0 spiro atoms. The highest BCUT2D eigenvalue weighted by Crippen LogP contribution is 2.30. The molecule has 0 fully saturated rings. The van der Waals surface area contributed by atoms with Gasteiger partial charge in [0.2, 0.25) is 5.91 Å². The number of allylic oxidation sites excluding steroid dienone is 1. The number of hydrogen-bond acceptors (Lipinski definition) is 2. The summed E-state index contributed by atoms with van der Waals surface area (Å²) in [5, 5.41) is 3.81. The van der Waals surface area contributed by atoms with Crippen LogP contribution < -0.4 is 10.1 Å². The van der Waals surface area contributed by atoms with Crippen LogP contribution in [0.25, 0.3) is 10.9 Å². The van der Waals surface area contributed by atoms with Crippen LogP contribution in [0.4, 0.5) is 18.9 Å². The molecule has 3 aromatic rings. The number of fused-ring (bicyclic) bond motifs is 1. The fraction of sp³-hybridized carbons (Fsp3) is 0.261. The third-order valence-corrected chi connectivity index (χ3v) is 4.64. The van der Waals surface area contributed by atoms with E-state index >= 15 is 0 Å². The quantitative estimate of drug-likeness (QED) is 0.436. The number of rotatable bonds is 8. The van der Waals surface area contributed by atoms with Gasteiger partial charge >= 0.3 is 6.18 Å². The van der Waals surface area contributed by atoms with Gasteiger partial charge < -0.3 is 15.0 Å². The number of carbonyl (C=O) groups excluding carboxylic acids is 1. The number of aromatic nitrogens is 1. The van der Waals surface area contributed by atoms with Crippen LogP contribution in [0.2, 0.25) is 0 Å². The molecular weight excluding hydrogens is 393 g/mol. The first-order valence-corrected chi connectivity index (χ1v) is 9.56. The van der Waals surface area contributed by atoms with E-state index in [4.69, 9.17) is 4.74 Å². The Bertz CT molecular complexity index is 1040. The van der Waals surface area contributed by atoms with Gasteiger partial charge in [-0.25, -0.2) is 0 Å². The summed E-state index contributed by atoms with van der Waals surface area (Å²) < 4.78 is 43.4. The van der Waals surface area contributed by atoms with Crippen molar-refractivity contribution in [2.75, 3.05) is 11.9 Å². The fourth-order valence-corrected chi connectivity index (χ4v) is 2.99. The molecule has 4 nitrogen and oxygen atoms in total. The van der Waals surface area contributed by atoms with Crippen LogP contribution in [0.15, 0.2) is 60.8 Å². The van der Waals surface area contributed by atoms with Gasteiger partial charge in [0.15, 0.2) is 0 Å². The van der Waals surface area contributed by atoms with E-state index in [1.165, 1.54) is 12.1 Å². The summed E-state index contributed by atoms with van der Waals surface area (Å²) in [4.78, 5) is 15.2. The molecule has 0 atom stereocenters. The lowest BCUT2D eigenvalue weighted by atomic mass is 10.1. The molecule has 7 heteroatoms. The van der Waals surface area contributed by atoms with Gasteiger partial charge in [-0.3, -0.25) is 4.79 Å². The number of amides is 1. The van der Waals surface area contributed by atoms with Crippen molar-refractivity contribution >= 4 is 22.5 Å². The highest BCUT2D eigenvalue weighted by atomic mass is 19.4. The Morgan fingerprint density at radius 2 is 1.87 bits per heavy atom. The summed E-state index contributed by atoms with van der Waals surface area (Å²) in [7, 11) is 0. The first-order chi connectivity index (χ1) is 14.2. The molecule has 158 valence electrons. The van der Waals surface area contributed by atoms with Crippen molar-refractivity contribution in [3.05, 3.63) is 71.9 Å². The van der Waals surface area contributed by atoms with Gasteiger partial charge in [0, 0.05) is 29.9 Å². The SMILES string of the molecule is C=C(C)CCC(=O)Nc1c[nH]c2ccc(CCOc3ccc(C(F)(F)F)cc3)cc12. The summed E-state index contributed by atoms with van der Waals surface area (Å²) in [5.74, 6) is 0.311. The predicted molar refractivity (Wildman–Crippen MR) is 112 cm³/mol. The lowest BCUT2D eigenvalue weighted by molar-refractivity contribution is -0.137. The van der Waals surface area contributed by atoms with Crippen LogP contribution in [0.1, 0.15) is 30.9 Å². The zero-order valence-corrected chi connectivity index (χ0v) is 16.6. The summed E-state index contributed by atoms with van der Waals surface area (Å²) >= 11 is 0. The highest BCUT2D eigenvalue weighted by molar-refractivity contribution is 6.01. The minimum absolute atomic E-state index is 0.0741. The highest BCUT2D eigenvalue weighted by Gasteiger charge is 2.30. The average Bonchev–Trinajstić information content (AvgIpc) is 3.08. The zero-order chi connectivity index (χ0) is 21.7. The number of alkyl halides is 3. The maximum absolute atomic E-state index is 12.6. The standard InChI is InChI=1S/C23H23F3N2O2/c1-15(2)3-10-22(29)28-21-14-27-20-9-4-16(13-19(20)21)11-12-30-18-7-5-17(6-8-18)23(24,25)26/h4-9,13-14,27H,1,3,10-12H2,2H3,(H,28,29). The van der Waals surface area contributed by atoms with Crippen molar-refractivity contribution in [3.8, 4) is 5.75 Å². The van der Waals surface area contributed by atoms with E-state index in [2.05, 4.69) is 16.9 Å². The minimum atomic E-state index is -4.36. The van der Waals surface area contributed by atoms with E-state index in [9.17, 15) is 18.0 Å². The Hall–Kier alpha value is -3.22. The molecule has 0 aliphatic carbocycles. The molecular formula is C23H23F3N2O2. The largest absolute Gasteiger partial charge is 0.493 e. The van der Waals surface area contributed by atoms with Crippen LogP contribution in [-0.2, 0) is 17.4 Å². The van der Waals surface area contributed by atoms with Crippen molar-refractivity contribution in [2.24, 2.45) is 0 Å². The molecule has 3 rings (SSSR count). The molecule has 2 N–H and O–H groups in total. The number of benzene rings is 2. The Morgan fingerprint density at radius 1 is 1.13 bits per heavy atom. The van der Waals surface area contributed by atoms with Crippen LogP contribution in [-0.4, -0.2) is 17.5 Å². The number of ether oxygens (including phenoxy) is 1. The second kappa shape index (κ2) is 9.07. The van der Waals surface area contributed by atoms with Crippen molar-refractivity contribution in [3.63, 3.8) is 0 Å². The number of aromatic amines is 1. The molecule has 0 aliphatic heterocycles. The van der Waals surface area contributed by atoms with E-state index in [-0.39, 0.29) is 5.91 Å². The van der Waals surface area contributed by atoms with Gasteiger partial charge in [-0.2, -0.15) is 13.2 Å². The number of carbonyl (C=O) groups is 1. The van der Waals surface area contributed by atoms with Crippen molar-refractivity contribution in [2.45, 2.75) is 32.4 Å². The third kappa shape index (κ3) is 5.65. The van der Waals surface area contributed by atoms with Gasteiger partial charge in [0.25, 0.3) is 0 Å². The van der Waals surface area contributed by atoms with Crippen molar-refractivity contribution < 1.29 is 22.7 Å². The minimum Gasteiger partial charge on any atom is -0.493 e. The molecule has 2 aromatic carbocycles. The van der Waals surface area contributed by atoms with E-state index < -0.39 is 11.7 Å². The van der Waals surface area contributed by atoms with Crippen LogP contribution in [0.5, 0.6) is 5.75 Å². The first-order valence-electron chi connectivity index (χ1n) is 9.56. The second-order valence-electron chi connectivity index (χ2n) is 7.21. The monoisotopic (exact) mass is 416 g/mol. The van der Waals surface area contributed by atoms with E-state index in [1.54, 1.807) is 6.20 Å². The lowest BCUT2D eigenvalue weighted by Crippen LogP contribution is -2.10. The normalized spacial score (nSPS) is 11.5. The van der Waals surface area contributed by atoms with Crippen LogP contribution in [0, 0.1) is 0 Å². The Labute approximate surface area is 172 Å². The van der Waals surface area contributed by atoms with Gasteiger partial charge in [0.1, 0.15) is 5.75 Å². The number of halogens is 3. The summed E-state index contributed by atoms with van der Waals surface area (Å²) in [6.45, 7) is 6.01. The Kier molecular flexibility index (Phi) is 6.50. The topological polar surface area (TPSA) is 54.1 Å². The predicted octanol–water partition coefficient (Wildman–Crippen LogP) is 6.10. The molecule has 1 amide bonds. The van der Waals surface area contributed by atoms with Crippen molar-refractivity contribution in [1.82, 2.24) is 4.98 Å². The van der Waals surface area contributed by atoms with Crippen LogP contribution >= 0.6 is 0 Å². The number of hydrogen-bond donors (Lipinski definition) is 2. The molecule has 0 saturated carbocycles. The molecule has 1 heterocycles. The summed E-state index contributed by atoms with van der Waals surface area (Å²) in [6.07, 6.45) is -1.01. The first kappa shape index (κ1) is 21.5. The third-order valence-electron chi connectivity index (χ3n) is 4.64. The maximum Gasteiger partial charge on any atom is 0.416 e. The summed E-state index contributed by atoms with van der Waals surface area (Å²) in [5.41, 5.74) is 2.86. The molecule has 0 aliphatic rings. The average molecular weight is 416 g/mol. The number of nitrogens with one attached hydrogen (secondary N) is 2. The number of H-pyrrole nitrogens is 1. The van der Waals surface area contributed by atoms with Gasteiger partial charge in [-0.1, -0.05) is 11.6 Å². The van der Waals surface area contributed by atoms with Gasteiger partial charge in [-0.15, -0.1) is 6.58 Å². The van der Waals surface area contributed by atoms with Crippen LogP contribution in [0.3, 0.4) is 0 Å². The Balaban J connectivity index is 1.60. The molecule has 0 bridgehead atoms. The maximum atomic E-state index is 12.6. The summed E-state index contributed by atoms with van der Waals surface area (Å²) in [6, 6.07) is 10.5. The van der Waals surface area contributed by atoms with Gasteiger partial charge in [0.05, 0.1) is 17.9 Å². The smallest absolute Gasteiger partial charge is 0.416 e. The molecule has 0 unspecified atom stereocenters. The molecule has 0 radical (unpaired) electrons. The second-order valence-corrected chi connectivity index (χ2v) is 7.21. The fourth-order valence-electron chi connectivity index (χ4n) is 2.99. The lowest BCUT2D eigenvalue weighted by Gasteiger charge is -2.09. The molecule has 0 saturated heterocycles. The molecule has 1 aromatic heterocycles. The van der Waals surface area contributed by atoms with E-state index in [0.717, 1.165) is 34.2 Å². The Morgan fingerprint density at radius 3 is 2.53 bits per heavy atom. The van der Waals surface area contributed by atoms with E-state index in [1.807, 2.05) is 25.1 Å². The van der Waals surface area contributed by atoms with Crippen molar-refractivity contribution in [1.29, 1.82) is 0 Å². The van der Waals surface area contributed by atoms with Gasteiger partial charge in [-0.05, 0) is 55.3 Å². The number of anilines is 1.